The number of carbonyl (C=O) groups is 2. The summed E-state index contributed by atoms with van der Waals surface area (Å²) in [5.74, 6) is 1.22. The van der Waals surface area contributed by atoms with Crippen LogP contribution >= 0.6 is 11.8 Å². The molecule has 0 unspecified atom stereocenters. The lowest BCUT2D eigenvalue weighted by molar-refractivity contribution is -0.140. The van der Waals surface area contributed by atoms with E-state index in [4.69, 9.17) is 9.15 Å². The van der Waals surface area contributed by atoms with Crippen LogP contribution in [0, 0.1) is 0 Å². The van der Waals surface area contributed by atoms with Gasteiger partial charge in [-0.15, -0.1) is 11.8 Å². The summed E-state index contributed by atoms with van der Waals surface area (Å²) in [6.07, 6.45) is 4.15. The third-order valence-corrected chi connectivity index (χ3v) is 5.43. The first-order valence-electron chi connectivity index (χ1n) is 8.30. The number of amides is 1. The summed E-state index contributed by atoms with van der Waals surface area (Å²) in [5, 5.41) is 0.696. The molecule has 1 fully saturated rings. The zero-order valence-electron chi connectivity index (χ0n) is 14.4. The highest BCUT2D eigenvalue weighted by atomic mass is 32.2. The number of fused-ring (bicyclic) bond motifs is 1. The van der Waals surface area contributed by atoms with Crippen molar-refractivity contribution >= 4 is 40.7 Å². The molecule has 2 heterocycles. The third kappa shape index (κ3) is 3.74. The number of nitrogens with zero attached hydrogens (tertiary/aromatic N) is 1. The van der Waals surface area contributed by atoms with Gasteiger partial charge in [0.15, 0.2) is 0 Å². The van der Waals surface area contributed by atoms with Crippen LogP contribution in [-0.4, -0.2) is 48.0 Å². The number of hydrogen-bond acceptors (Lipinski definition) is 5. The van der Waals surface area contributed by atoms with Crippen LogP contribution in [0.5, 0.6) is 0 Å². The molecule has 0 radical (unpaired) electrons. The van der Waals surface area contributed by atoms with Gasteiger partial charge in [0.2, 0.25) is 5.91 Å². The number of thioether (sulfide) groups is 1. The number of para-hydroxylation sites is 1. The quantitative estimate of drug-likeness (QED) is 0.620. The Morgan fingerprint density at radius 1 is 1.40 bits per heavy atom. The van der Waals surface area contributed by atoms with Crippen LogP contribution in [0.25, 0.3) is 17.0 Å². The highest BCUT2D eigenvalue weighted by Crippen LogP contribution is 2.27. The van der Waals surface area contributed by atoms with Crippen molar-refractivity contribution in [3.63, 3.8) is 0 Å². The molecule has 1 amide bonds. The van der Waals surface area contributed by atoms with E-state index in [0.29, 0.717) is 13.1 Å². The van der Waals surface area contributed by atoms with E-state index in [9.17, 15) is 9.59 Å². The summed E-state index contributed by atoms with van der Waals surface area (Å²) < 4.78 is 10.6. The molecule has 1 atom stereocenters. The van der Waals surface area contributed by atoms with Gasteiger partial charge in [-0.3, -0.25) is 9.59 Å². The van der Waals surface area contributed by atoms with Crippen LogP contribution in [0.3, 0.4) is 0 Å². The van der Waals surface area contributed by atoms with Crippen molar-refractivity contribution in [2.45, 2.75) is 18.6 Å². The van der Waals surface area contributed by atoms with E-state index >= 15 is 0 Å². The van der Waals surface area contributed by atoms with Crippen molar-refractivity contribution in [2.75, 3.05) is 26.0 Å². The van der Waals surface area contributed by atoms with Gasteiger partial charge in [0.1, 0.15) is 16.6 Å². The van der Waals surface area contributed by atoms with Crippen LogP contribution < -0.4 is 0 Å². The van der Waals surface area contributed by atoms with Gasteiger partial charge in [-0.2, -0.15) is 0 Å². The van der Waals surface area contributed by atoms with E-state index in [1.54, 1.807) is 11.0 Å². The second-order valence-electron chi connectivity index (χ2n) is 5.79. The molecule has 0 N–H and O–H groups in total. The minimum atomic E-state index is -0.308. The van der Waals surface area contributed by atoms with Crippen molar-refractivity contribution in [3.8, 4) is 0 Å². The molecule has 3 rings (SSSR count). The second kappa shape index (κ2) is 7.78. The normalized spacial score (nSPS) is 18.0. The van der Waals surface area contributed by atoms with E-state index in [-0.39, 0.29) is 17.1 Å². The molecular formula is C19H21NO4S. The Kier molecular flexibility index (Phi) is 5.48. The van der Waals surface area contributed by atoms with Gasteiger partial charge in [-0.05, 0) is 12.1 Å². The number of furan rings is 1. The maximum absolute atomic E-state index is 12.5. The van der Waals surface area contributed by atoms with E-state index in [2.05, 4.69) is 0 Å². The lowest BCUT2D eigenvalue weighted by atomic mass is 10.1. The van der Waals surface area contributed by atoms with Gasteiger partial charge in [0, 0.05) is 42.3 Å². The molecule has 25 heavy (non-hydrogen) atoms. The number of carbonyl (C=O) groups excluding carboxylic acids is 2. The average molecular weight is 359 g/mol. The third-order valence-electron chi connectivity index (χ3n) is 4.27. The predicted octanol–water partition coefficient (Wildman–Crippen LogP) is 3.13. The number of aryl methyl sites for hydroxylation is 1. The summed E-state index contributed by atoms with van der Waals surface area (Å²) in [7, 11) is 1.37. The van der Waals surface area contributed by atoms with Crippen molar-refractivity contribution < 1.29 is 18.7 Å². The molecular weight excluding hydrogens is 338 g/mol. The monoisotopic (exact) mass is 359 g/mol. The van der Waals surface area contributed by atoms with Gasteiger partial charge in [-0.25, -0.2) is 0 Å². The smallest absolute Gasteiger partial charge is 0.320 e. The molecule has 0 spiro atoms. The largest absolute Gasteiger partial charge is 0.468 e. The minimum absolute atomic E-state index is 0.0958. The molecule has 1 aliphatic heterocycles. The first-order valence-corrected chi connectivity index (χ1v) is 9.35. The van der Waals surface area contributed by atoms with Gasteiger partial charge in [0.05, 0.1) is 7.11 Å². The van der Waals surface area contributed by atoms with Gasteiger partial charge in [-0.1, -0.05) is 25.1 Å². The summed E-state index contributed by atoms with van der Waals surface area (Å²) in [4.78, 5) is 25.9. The molecule has 0 bridgehead atoms. The van der Waals surface area contributed by atoms with E-state index in [1.165, 1.54) is 18.9 Å². The first-order chi connectivity index (χ1) is 12.1. The Hall–Kier alpha value is -2.21. The minimum Gasteiger partial charge on any atom is -0.468 e. The fraction of sp³-hybridized carbons (Fsp3) is 0.368. The van der Waals surface area contributed by atoms with Gasteiger partial charge >= 0.3 is 5.97 Å². The lowest BCUT2D eigenvalue weighted by Gasteiger charge is -2.30. The Bertz CT molecular complexity index is 811. The highest BCUT2D eigenvalue weighted by Gasteiger charge is 2.28. The molecule has 6 heteroatoms. The summed E-state index contributed by atoms with van der Waals surface area (Å²) in [6.45, 7) is 3.04. The van der Waals surface area contributed by atoms with Crippen LogP contribution in [-0.2, 0) is 20.7 Å². The Morgan fingerprint density at radius 3 is 2.96 bits per heavy atom. The Labute approximate surface area is 151 Å². The highest BCUT2D eigenvalue weighted by molar-refractivity contribution is 8.00. The van der Waals surface area contributed by atoms with Crippen molar-refractivity contribution in [1.82, 2.24) is 4.90 Å². The second-order valence-corrected chi connectivity index (χ2v) is 7.10. The number of hydrogen-bond donors (Lipinski definition) is 0. The van der Waals surface area contributed by atoms with Gasteiger partial charge in [0.25, 0.3) is 0 Å². The zero-order chi connectivity index (χ0) is 17.8. The van der Waals surface area contributed by atoms with Crippen LogP contribution in [0.15, 0.2) is 34.8 Å². The molecule has 132 valence electrons. The average Bonchev–Trinajstić information content (AvgIpc) is 3.03. The molecule has 0 saturated carbocycles. The van der Waals surface area contributed by atoms with Crippen molar-refractivity contribution in [3.05, 3.63) is 41.7 Å². The van der Waals surface area contributed by atoms with Crippen LogP contribution in [0.1, 0.15) is 18.2 Å². The SMILES string of the molecule is CCc1oc2ccccc2c1/C=C/C(=O)N1CCS[C@@H](C(=O)OC)C1. The number of rotatable bonds is 4. The van der Waals surface area contributed by atoms with Crippen molar-refractivity contribution in [2.24, 2.45) is 0 Å². The number of esters is 1. The van der Waals surface area contributed by atoms with E-state index < -0.39 is 0 Å². The molecule has 1 saturated heterocycles. The number of benzene rings is 1. The molecule has 1 aromatic heterocycles. The standard InChI is InChI=1S/C19H21NO4S/c1-3-15-14(13-6-4-5-7-16(13)24-15)8-9-18(21)20-10-11-25-17(12-20)19(22)23-2/h4-9,17H,3,10-12H2,1-2H3/b9-8+/t17-/m1/s1. The Balaban J connectivity index is 1.78. The summed E-state index contributed by atoms with van der Waals surface area (Å²) >= 11 is 1.53. The molecule has 0 aliphatic carbocycles. The molecule has 1 aromatic carbocycles. The molecule has 1 aliphatic rings. The zero-order valence-corrected chi connectivity index (χ0v) is 15.2. The maximum atomic E-state index is 12.5. The molecule has 5 nitrogen and oxygen atoms in total. The fourth-order valence-corrected chi connectivity index (χ4v) is 4.07. The van der Waals surface area contributed by atoms with Crippen molar-refractivity contribution in [1.29, 1.82) is 0 Å². The fourth-order valence-electron chi connectivity index (χ4n) is 2.94. The summed E-state index contributed by atoms with van der Waals surface area (Å²) in [6, 6.07) is 7.81. The maximum Gasteiger partial charge on any atom is 0.320 e. The lowest BCUT2D eigenvalue weighted by Crippen LogP contribution is -2.44. The topological polar surface area (TPSA) is 59.8 Å². The first kappa shape index (κ1) is 17.6. The van der Waals surface area contributed by atoms with Crippen LogP contribution in [0.4, 0.5) is 0 Å². The van der Waals surface area contributed by atoms with Gasteiger partial charge < -0.3 is 14.1 Å². The summed E-state index contributed by atoms with van der Waals surface area (Å²) in [5.41, 5.74) is 1.77. The predicted molar refractivity (Wildman–Crippen MR) is 99.5 cm³/mol. The Morgan fingerprint density at radius 2 is 2.20 bits per heavy atom. The molecule has 2 aromatic rings. The van der Waals surface area contributed by atoms with Crippen LogP contribution in [0.2, 0.25) is 0 Å². The van der Waals surface area contributed by atoms with E-state index in [1.807, 2.05) is 37.3 Å². The number of methoxy groups -OCH3 is 1. The number of ether oxygens (including phenoxy) is 1. The van der Waals surface area contributed by atoms with E-state index in [0.717, 1.165) is 34.5 Å².